The summed E-state index contributed by atoms with van der Waals surface area (Å²) in [5.41, 5.74) is 4.46. The molecule has 0 spiro atoms. The molecule has 6 heteroatoms. The maximum absolute atomic E-state index is 5.34. The van der Waals surface area contributed by atoms with Gasteiger partial charge in [0.25, 0.3) is 0 Å². The molecule has 3 rings (SSSR count). The largest absolute Gasteiger partial charge is 0.347 e. The molecule has 0 amide bonds. The maximum atomic E-state index is 5.34. The van der Waals surface area contributed by atoms with Gasteiger partial charge in [0.05, 0.1) is 0 Å². The van der Waals surface area contributed by atoms with Crippen LogP contribution in [0.4, 0.5) is 5.69 Å². The van der Waals surface area contributed by atoms with Crippen LogP contribution in [-0.4, -0.2) is 22.1 Å². The van der Waals surface area contributed by atoms with E-state index in [-0.39, 0.29) is 5.41 Å². The number of nitrogens with one attached hydrogen (secondary N) is 2. The Labute approximate surface area is 152 Å². The van der Waals surface area contributed by atoms with Crippen LogP contribution in [0.25, 0.3) is 0 Å². The molecule has 1 aromatic rings. The van der Waals surface area contributed by atoms with Gasteiger partial charge in [0, 0.05) is 29.4 Å². The van der Waals surface area contributed by atoms with Crippen LogP contribution in [-0.2, 0) is 5.41 Å². The van der Waals surface area contributed by atoms with Gasteiger partial charge in [-0.05, 0) is 36.0 Å². The van der Waals surface area contributed by atoms with Crippen LogP contribution in [0.2, 0.25) is 0 Å². The molecule has 1 saturated heterocycles. The Balaban J connectivity index is 2.01. The van der Waals surface area contributed by atoms with Crippen molar-refractivity contribution < 1.29 is 0 Å². The molecule has 2 aliphatic heterocycles. The number of hydrogen-bond acceptors (Lipinski definition) is 4. The number of benzene rings is 1. The van der Waals surface area contributed by atoms with Crippen LogP contribution in [0.5, 0.6) is 0 Å². The first-order valence-corrected chi connectivity index (χ1v) is 8.47. The Morgan fingerprint density at radius 2 is 1.61 bits per heavy atom. The van der Waals surface area contributed by atoms with Gasteiger partial charge in [-0.3, -0.25) is 0 Å². The summed E-state index contributed by atoms with van der Waals surface area (Å²) >= 11 is 15.7. The summed E-state index contributed by atoms with van der Waals surface area (Å²) in [5, 5.41) is 6.33. The van der Waals surface area contributed by atoms with E-state index in [1.807, 2.05) is 6.08 Å². The number of fused-ring (bicyclic) bond motifs is 1. The number of allylic oxidation sites excluding steroid dienone is 3. The Kier molecular flexibility index (Phi) is 4.08. The second kappa shape index (κ2) is 5.78. The average molecular weight is 360 g/mol. The molecule has 0 atom stereocenters. The Morgan fingerprint density at radius 1 is 1.00 bits per heavy atom. The third-order valence-electron chi connectivity index (χ3n) is 4.29. The molecule has 2 aliphatic rings. The summed E-state index contributed by atoms with van der Waals surface area (Å²) in [5.74, 6) is 0. The van der Waals surface area contributed by atoms with Gasteiger partial charge in [-0.2, -0.15) is 0 Å². The fraction of sp³-hybridized carbons (Fsp3) is 0.235. The maximum Gasteiger partial charge on any atom is 0.176 e. The van der Waals surface area contributed by atoms with Crippen molar-refractivity contribution in [1.29, 1.82) is 0 Å². The average Bonchev–Trinajstić information content (AvgIpc) is 2.67. The predicted octanol–water partition coefficient (Wildman–Crippen LogP) is 3.36. The van der Waals surface area contributed by atoms with E-state index in [9.17, 15) is 0 Å². The number of rotatable bonds is 1. The molecule has 0 unspecified atom stereocenters. The van der Waals surface area contributed by atoms with Crippen molar-refractivity contribution in [1.82, 2.24) is 10.6 Å². The number of hydrogen-bond donors (Lipinski definition) is 2. The fourth-order valence-electron chi connectivity index (χ4n) is 3.09. The summed E-state index contributed by atoms with van der Waals surface area (Å²) in [6, 6.07) is 8.46. The first-order chi connectivity index (χ1) is 10.8. The second-order valence-electron chi connectivity index (χ2n) is 6.07. The molecule has 0 aliphatic carbocycles. The first-order valence-electron chi connectivity index (χ1n) is 7.24. The van der Waals surface area contributed by atoms with Crippen LogP contribution in [0.15, 0.2) is 47.7 Å². The monoisotopic (exact) mass is 359 g/mol. The van der Waals surface area contributed by atoms with Crippen molar-refractivity contribution in [2.75, 3.05) is 11.9 Å². The van der Waals surface area contributed by atoms with Crippen molar-refractivity contribution in [3.05, 3.63) is 53.3 Å². The zero-order chi connectivity index (χ0) is 16.8. The van der Waals surface area contributed by atoms with Crippen LogP contribution < -0.4 is 15.5 Å². The summed E-state index contributed by atoms with van der Waals surface area (Å²) in [4.78, 5) is 3.34. The Hall–Kier alpha value is -1.63. The summed E-state index contributed by atoms with van der Waals surface area (Å²) in [6.45, 7) is 4.45. The SMILES string of the molecule is CN1C(=CC=C2C(=S)NC(=S)NC2=S)C(C)(C)c2ccccc21. The van der Waals surface area contributed by atoms with E-state index >= 15 is 0 Å². The van der Waals surface area contributed by atoms with E-state index < -0.39 is 0 Å². The minimum absolute atomic E-state index is 0.0730. The van der Waals surface area contributed by atoms with Gasteiger partial charge < -0.3 is 15.5 Å². The normalized spacial score (nSPS) is 21.2. The van der Waals surface area contributed by atoms with Crippen LogP contribution in [0.1, 0.15) is 19.4 Å². The number of nitrogens with zero attached hydrogens (tertiary/aromatic N) is 1. The Morgan fingerprint density at radius 3 is 2.22 bits per heavy atom. The topological polar surface area (TPSA) is 27.3 Å². The lowest BCUT2D eigenvalue weighted by Gasteiger charge is -2.24. The third kappa shape index (κ3) is 2.71. The number of para-hydroxylation sites is 1. The van der Waals surface area contributed by atoms with Crippen LogP contribution in [0, 0.1) is 0 Å². The molecule has 0 aromatic heterocycles. The molecule has 0 saturated carbocycles. The minimum Gasteiger partial charge on any atom is -0.347 e. The molecule has 2 heterocycles. The highest BCUT2D eigenvalue weighted by Gasteiger charge is 2.37. The highest BCUT2D eigenvalue weighted by molar-refractivity contribution is 7.84. The zero-order valence-corrected chi connectivity index (χ0v) is 15.6. The predicted molar refractivity (Wildman–Crippen MR) is 108 cm³/mol. The lowest BCUT2D eigenvalue weighted by molar-refractivity contribution is 0.640. The summed E-state index contributed by atoms with van der Waals surface area (Å²) in [6.07, 6.45) is 4.05. The van der Waals surface area contributed by atoms with Gasteiger partial charge in [-0.25, -0.2) is 0 Å². The third-order valence-corrected chi connectivity index (χ3v) is 5.14. The molecule has 1 aromatic carbocycles. The summed E-state index contributed by atoms with van der Waals surface area (Å²) < 4.78 is 0. The van der Waals surface area contributed by atoms with Crippen LogP contribution >= 0.6 is 36.7 Å². The molecule has 0 radical (unpaired) electrons. The van der Waals surface area contributed by atoms with E-state index in [2.05, 4.69) is 66.8 Å². The standard InChI is InChI=1S/C17H17N3S3/c1-17(2)11-6-4-5-7-12(11)20(3)13(17)9-8-10-14(21)18-16(23)19-15(10)22/h4-9H,1-3H3,(H2,18,19,21,22,23). The number of thiocarbonyl (C=S) groups is 3. The highest BCUT2D eigenvalue weighted by Crippen LogP contribution is 2.46. The molecular weight excluding hydrogens is 342 g/mol. The van der Waals surface area contributed by atoms with Gasteiger partial charge >= 0.3 is 0 Å². The lowest BCUT2D eigenvalue weighted by atomic mass is 9.83. The van der Waals surface area contributed by atoms with Crippen molar-refractivity contribution in [3.63, 3.8) is 0 Å². The van der Waals surface area contributed by atoms with Gasteiger partial charge in [-0.15, -0.1) is 0 Å². The van der Waals surface area contributed by atoms with Gasteiger partial charge in [0.2, 0.25) is 0 Å². The molecule has 0 bridgehead atoms. The molecule has 2 N–H and O–H groups in total. The van der Waals surface area contributed by atoms with Crippen molar-refractivity contribution in [2.45, 2.75) is 19.3 Å². The van der Waals surface area contributed by atoms with Crippen molar-refractivity contribution >= 4 is 57.4 Å². The quantitative estimate of drug-likeness (QED) is 0.590. The van der Waals surface area contributed by atoms with E-state index in [0.717, 1.165) is 5.57 Å². The molecule has 1 fully saturated rings. The Bertz CT molecular complexity index is 768. The molecule has 23 heavy (non-hydrogen) atoms. The molecule has 3 nitrogen and oxygen atoms in total. The smallest absolute Gasteiger partial charge is 0.176 e. The van der Waals surface area contributed by atoms with Gasteiger partial charge in [-0.1, -0.05) is 56.5 Å². The van der Waals surface area contributed by atoms with Crippen molar-refractivity contribution in [3.8, 4) is 0 Å². The molecule has 118 valence electrons. The fourth-order valence-corrected chi connectivity index (χ4v) is 4.03. The van der Waals surface area contributed by atoms with E-state index in [1.54, 1.807) is 0 Å². The second-order valence-corrected chi connectivity index (χ2v) is 7.30. The molecular formula is C17H17N3S3. The number of likely N-dealkylation sites (N-methyl/N-ethyl adjacent to an activating group) is 1. The number of anilines is 1. The highest BCUT2D eigenvalue weighted by atomic mass is 32.1. The van der Waals surface area contributed by atoms with E-state index in [1.165, 1.54) is 16.9 Å². The zero-order valence-electron chi connectivity index (χ0n) is 13.1. The van der Waals surface area contributed by atoms with E-state index in [4.69, 9.17) is 36.7 Å². The first kappa shape index (κ1) is 16.2. The lowest BCUT2D eigenvalue weighted by Crippen LogP contribution is -2.49. The van der Waals surface area contributed by atoms with Gasteiger partial charge in [0.1, 0.15) is 9.98 Å². The van der Waals surface area contributed by atoms with E-state index in [0.29, 0.717) is 15.1 Å². The van der Waals surface area contributed by atoms with Gasteiger partial charge in [0.15, 0.2) is 5.11 Å². The minimum atomic E-state index is -0.0730. The van der Waals surface area contributed by atoms with Crippen molar-refractivity contribution in [2.24, 2.45) is 0 Å². The van der Waals surface area contributed by atoms with Crippen LogP contribution in [0.3, 0.4) is 0 Å². The summed E-state index contributed by atoms with van der Waals surface area (Å²) in [7, 11) is 2.08.